The van der Waals surface area contributed by atoms with Crippen molar-refractivity contribution < 1.29 is 4.74 Å². The molecule has 2 aromatic rings. The normalized spacial score (nSPS) is 13.9. The summed E-state index contributed by atoms with van der Waals surface area (Å²) < 4.78 is 5.62. The van der Waals surface area contributed by atoms with Gasteiger partial charge >= 0.3 is 0 Å². The molecule has 3 rings (SSSR count). The van der Waals surface area contributed by atoms with Crippen molar-refractivity contribution in [2.45, 2.75) is 39.2 Å². The highest BCUT2D eigenvalue weighted by molar-refractivity contribution is 6.29. The molecular weight excluding hydrogens is 272 g/mol. The predicted molar refractivity (Wildman–Crippen MR) is 81.2 cm³/mol. The first-order valence-corrected chi connectivity index (χ1v) is 7.19. The zero-order chi connectivity index (χ0) is 14.4. The SMILES string of the molecule is Cc1ccnc(Cl)c1.Cc1ccnc(OC2CCC2)c1. The molecule has 0 N–H and O–H groups in total. The Morgan fingerprint density at radius 2 is 1.70 bits per heavy atom. The number of aryl methyl sites for hydroxylation is 2. The van der Waals surface area contributed by atoms with Gasteiger partial charge in [0, 0.05) is 18.5 Å². The van der Waals surface area contributed by atoms with Crippen LogP contribution in [0, 0.1) is 13.8 Å². The molecule has 0 aliphatic heterocycles. The van der Waals surface area contributed by atoms with Gasteiger partial charge in [-0.05, 0) is 62.4 Å². The van der Waals surface area contributed by atoms with E-state index in [0.29, 0.717) is 11.3 Å². The van der Waals surface area contributed by atoms with Crippen LogP contribution in [0.25, 0.3) is 0 Å². The summed E-state index contributed by atoms with van der Waals surface area (Å²) in [6.07, 6.45) is 7.60. The van der Waals surface area contributed by atoms with E-state index in [9.17, 15) is 0 Å². The Bertz CT molecular complexity index is 538. The van der Waals surface area contributed by atoms with E-state index in [0.717, 1.165) is 11.4 Å². The number of aromatic nitrogens is 2. The first kappa shape index (κ1) is 14.8. The lowest BCUT2D eigenvalue weighted by atomic mass is 9.96. The molecule has 2 aromatic heterocycles. The average Bonchev–Trinajstić information content (AvgIpc) is 2.34. The minimum Gasteiger partial charge on any atom is -0.474 e. The fraction of sp³-hybridized carbons (Fsp3) is 0.375. The zero-order valence-electron chi connectivity index (χ0n) is 11.8. The van der Waals surface area contributed by atoms with Crippen LogP contribution in [0.15, 0.2) is 36.7 Å². The fourth-order valence-electron chi connectivity index (χ4n) is 1.73. The lowest BCUT2D eigenvalue weighted by molar-refractivity contribution is 0.114. The molecule has 106 valence electrons. The molecule has 4 heteroatoms. The highest BCUT2D eigenvalue weighted by Gasteiger charge is 2.19. The van der Waals surface area contributed by atoms with Gasteiger partial charge in [0.05, 0.1) is 0 Å². The molecule has 0 amide bonds. The van der Waals surface area contributed by atoms with E-state index >= 15 is 0 Å². The van der Waals surface area contributed by atoms with Crippen LogP contribution in [0.5, 0.6) is 5.88 Å². The smallest absolute Gasteiger partial charge is 0.213 e. The Hall–Kier alpha value is -1.61. The van der Waals surface area contributed by atoms with Gasteiger partial charge in [-0.2, -0.15) is 0 Å². The molecule has 20 heavy (non-hydrogen) atoms. The number of ether oxygens (including phenoxy) is 1. The first-order chi connectivity index (χ1) is 9.63. The van der Waals surface area contributed by atoms with Crippen LogP contribution in [0.1, 0.15) is 30.4 Å². The third-order valence-electron chi connectivity index (χ3n) is 3.11. The molecular formula is C16H19ClN2O. The molecule has 0 bridgehead atoms. The summed E-state index contributed by atoms with van der Waals surface area (Å²) in [5, 5.41) is 0.560. The molecule has 0 radical (unpaired) electrons. The van der Waals surface area contributed by atoms with Gasteiger partial charge < -0.3 is 4.74 Å². The van der Waals surface area contributed by atoms with Crippen LogP contribution in [0.3, 0.4) is 0 Å². The number of pyridine rings is 2. The van der Waals surface area contributed by atoms with Crippen molar-refractivity contribution in [3.05, 3.63) is 52.9 Å². The Balaban J connectivity index is 0.000000160. The summed E-state index contributed by atoms with van der Waals surface area (Å²) in [6.45, 7) is 4.03. The first-order valence-electron chi connectivity index (χ1n) is 6.81. The summed E-state index contributed by atoms with van der Waals surface area (Å²) in [7, 11) is 0. The molecule has 1 aliphatic rings. The van der Waals surface area contributed by atoms with E-state index in [1.54, 1.807) is 12.4 Å². The predicted octanol–water partition coefficient (Wildman–Crippen LogP) is 4.36. The van der Waals surface area contributed by atoms with Crippen molar-refractivity contribution in [3.8, 4) is 5.88 Å². The largest absolute Gasteiger partial charge is 0.474 e. The summed E-state index contributed by atoms with van der Waals surface area (Å²) in [5.41, 5.74) is 2.35. The fourth-order valence-corrected chi connectivity index (χ4v) is 1.96. The molecule has 1 saturated carbocycles. The summed E-state index contributed by atoms with van der Waals surface area (Å²) in [4.78, 5) is 7.94. The Morgan fingerprint density at radius 3 is 2.15 bits per heavy atom. The molecule has 2 heterocycles. The van der Waals surface area contributed by atoms with Gasteiger partial charge in [-0.25, -0.2) is 9.97 Å². The minimum absolute atomic E-state index is 0.430. The van der Waals surface area contributed by atoms with Crippen LogP contribution in [0.4, 0.5) is 0 Å². The molecule has 0 aromatic carbocycles. The number of hydrogen-bond donors (Lipinski definition) is 0. The minimum atomic E-state index is 0.430. The van der Waals surface area contributed by atoms with Gasteiger partial charge in [0.15, 0.2) is 0 Å². The van der Waals surface area contributed by atoms with Crippen molar-refractivity contribution in [1.29, 1.82) is 0 Å². The highest BCUT2D eigenvalue weighted by Crippen LogP contribution is 2.23. The summed E-state index contributed by atoms with van der Waals surface area (Å²) in [6, 6.07) is 7.69. The summed E-state index contributed by atoms with van der Waals surface area (Å²) in [5.74, 6) is 0.778. The Kier molecular flexibility index (Phi) is 5.36. The second kappa shape index (κ2) is 7.25. The number of halogens is 1. The van der Waals surface area contributed by atoms with Gasteiger partial charge in [0.1, 0.15) is 11.3 Å². The van der Waals surface area contributed by atoms with E-state index in [4.69, 9.17) is 16.3 Å². The monoisotopic (exact) mass is 290 g/mol. The maximum atomic E-state index is 5.62. The third kappa shape index (κ3) is 4.82. The second-order valence-corrected chi connectivity index (χ2v) is 5.39. The van der Waals surface area contributed by atoms with Crippen molar-refractivity contribution in [2.24, 2.45) is 0 Å². The van der Waals surface area contributed by atoms with E-state index < -0.39 is 0 Å². The lowest BCUT2D eigenvalue weighted by Gasteiger charge is -2.25. The van der Waals surface area contributed by atoms with Crippen LogP contribution in [-0.2, 0) is 0 Å². The van der Waals surface area contributed by atoms with E-state index in [2.05, 4.69) is 16.9 Å². The quantitative estimate of drug-likeness (QED) is 0.771. The lowest BCUT2D eigenvalue weighted by Crippen LogP contribution is -2.24. The maximum Gasteiger partial charge on any atom is 0.213 e. The molecule has 1 fully saturated rings. The van der Waals surface area contributed by atoms with Gasteiger partial charge in [-0.15, -0.1) is 0 Å². The van der Waals surface area contributed by atoms with Crippen molar-refractivity contribution >= 4 is 11.6 Å². The Labute approximate surface area is 125 Å². The molecule has 0 atom stereocenters. The third-order valence-corrected chi connectivity index (χ3v) is 3.32. The number of hydrogen-bond acceptors (Lipinski definition) is 3. The van der Waals surface area contributed by atoms with E-state index in [-0.39, 0.29) is 0 Å². The van der Waals surface area contributed by atoms with Gasteiger partial charge in [0.2, 0.25) is 5.88 Å². The molecule has 0 saturated heterocycles. The van der Waals surface area contributed by atoms with Crippen molar-refractivity contribution in [3.63, 3.8) is 0 Å². The van der Waals surface area contributed by atoms with E-state index in [1.165, 1.54) is 24.8 Å². The standard InChI is InChI=1S/C10H13NO.C6H6ClN/c1-8-5-6-11-10(7-8)12-9-3-2-4-9;1-5-2-3-8-6(7)4-5/h5-7,9H,2-4H2,1H3;2-4H,1H3. The second-order valence-electron chi connectivity index (χ2n) is 5.00. The van der Waals surface area contributed by atoms with Crippen LogP contribution >= 0.6 is 11.6 Å². The number of rotatable bonds is 2. The van der Waals surface area contributed by atoms with Gasteiger partial charge in [-0.1, -0.05) is 11.6 Å². The summed E-state index contributed by atoms with van der Waals surface area (Å²) >= 11 is 5.53. The zero-order valence-corrected chi connectivity index (χ0v) is 12.6. The van der Waals surface area contributed by atoms with Crippen LogP contribution < -0.4 is 4.74 Å². The highest BCUT2D eigenvalue weighted by atomic mass is 35.5. The number of nitrogens with zero attached hydrogens (tertiary/aromatic N) is 2. The van der Waals surface area contributed by atoms with E-state index in [1.807, 2.05) is 31.2 Å². The Morgan fingerprint density at radius 1 is 1.05 bits per heavy atom. The van der Waals surface area contributed by atoms with Crippen LogP contribution in [-0.4, -0.2) is 16.1 Å². The molecule has 1 aliphatic carbocycles. The molecule has 0 unspecified atom stereocenters. The maximum absolute atomic E-state index is 5.62. The van der Waals surface area contributed by atoms with Crippen molar-refractivity contribution in [1.82, 2.24) is 9.97 Å². The average molecular weight is 291 g/mol. The molecule has 0 spiro atoms. The van der Waals surface area contributed by atoms with Crippen molar-refractivity contribution in [2.75, 3.05) is 0 Å². The molecule has 3 nitrogen and oxygen atoms in total. The van der Waals surface area contributed by atoms with Gasteiger partial charge in [0.25, 0.3) is 0 Å². The topological polar surface area (TPSA) is 35.0 Å². The van der Waals surface area contributed by atoms with Gasteiger partial charge in [-0.3, -0.25) is 0 Å². The van der Waals surface area contributed by atoms with Crippen LogP contribution in [0.2, 0.25) is 5.15 Å².